The molecule has 0 saturated carbocycles. The lowest BCUT2D eigenvalue weighted by molar-refractivity contribution is -0.870. The first kappa shape index (κ1) is 82.7. The normalized spacial score (nSPS) is 13.4. The van der Waals surface area contributed by atoms with Crippen LogP contribution in [0.1, 0.15) is 296 Å². The maximum atomic E-state index is 12.9. The summed E-state index contributed by atoms with van der Waals surface area (Å²) in [6, 6.07) is 0. The van der Waals surface area contributed by atoms with Gasteiger partial charge in [-0.1, -0.05) is 302 Å². The maximum Gasteiger partial charge on any atom is 0.306 e. The first-order valence-electron chi connectivity index (χ1n) is 35.7. The third-order valence-corrected chi connectivity index (χ3v) is 15.2. The number of nitrogens with zero attached hydrogens (tertiary/aromatic N) is 1. The van der Waals surface area contributed by atoms with E-state index in [0.717, 1.165) is 109 Å². The van der Waals surface area contributed by atoms with E-state index in [1.807, 2.05) is 21.1 Å². The molecule has 0 heterocycles. The van der Waals surface area contributed by atoms with E-state index in [1.165, 1.54) is 154 Å². The summed E-state index contributed by atoms with van der Waals surface area (Å²) >= 11 is 0. The third-order valence-electron chi connectivity index (χ3n) is 15.2. The molecule has 2 atom stereocenters. The number of rotatable bonds is 65. The minimum atomic E-state index is -1.63. The molecule has 0 aromatic carbocycles. The number of carbonyl (C=O) groups excluding carboxylic acids is 3. The summed E-state index contributed by atoms with van der Waals surface area (Å²) in [6.45, 7) is 4.53. The van der Waals surface area contributed by atoms with Crippen LogP contribution < -0.4 is 5.11 Å². The number of unbranched alkanes of at least 4 members (excludes halogenated alkanes) is 30. The van der Waals surface area contributed by atoms with Crippen molar-refractivity contribution in [1.29, 1.82) is 0 Å². The lowest BCUT2D eigenvalue weighted by Gasteiger charge is -2.26. The number of quaternary nitrogens is 1. The summed E-state index contributed by atoms with van der Waals surface area (Å²) in [5.41, 5.74) is 0. The number of hydrogen-bond donors (Lipinski definition) is 0. The molecular formula is C78H133NO8. The van der Waals surface area contributed by atoms with Gasteiger partial charge in [0, 0.05) is 12.8 Å². The lowest BCUT2D eigenvalue weighted by Crippen LogP contribution is -2.44. The van der Waals surface area contributed by atoms with E-state index in [9.17, 15) is 19.5 Å². The number of carboxylic acid groups (broad SMARTS) is 1. The van der Waals surface area contributed by atoms with E-state index in [2.05, 4.69) is 135 Å². The van der Waals surface area contributed by atoms with Gasteiger partial charge in [-0.05, 0) is 103 Å². The molecule has 0 rings (SSSR count). The number of ether oxygens (including phenoxy) is 4. The Morgan fingerprint density at radius 2 is 0.621 bits per heavy atom. The second-order valence-electron chi connectivity index (χ2n) is 24.8. The molecule has 0 bridgehead atoms. The van der Waals surface area contributed by atoms with Crippen LogP contribution in [-0.2, 0) is 33.3 Å². The Kier molecular flexibility index (Phi) is 64.3. The minimum absolute atomic E-state index is 0.143. The van der Waals surface area contributed by atoms with Crippen molar-refractivity contribution in [3.05, 3.63) is 122 Å². The fraction of sp³-hybridized carbons (Fsp3) is 0.705. The lowest BCUT2D eigenvalue weighted by atomic mass is 10.0. The third kappa shape index (κ3) is 69.0. The summed E-state index contributed by atoms with van der Waals surface area (Å²) in [6.07, 6.45) is 92.9. The molecule has 498 valence electrons. The topological polar surface area (TPSA) is 111 Å². The van der Waals surface area contributed by atoms with Crippen molar-refractivity contribution in [3.8, 4) is 0 Å². The van der Waals surface area contributed by atoms with Gasteiger partial charge < -0.3 is 33.3 Å². The molecule has 0 amide bonds. The standard InChI is InChI=1S/C78H133NO8/c1-6-8-10-12-14-16-18-20-22-24-26-28-29-30-31-32-33-34-35-36-37-38-39-40-41-42-43-44-45-46-47-49-51-53-55-57-59-61-63-65-67-69-76(81)87-74(73-86-78(77(82)83)84-71-70-79(3,4)5)72-85-75(80)68-66-64-62-60-58-56-54-52-50-48-27-25-23-21-19-17-15-13-11-9-7-2/h8-11,14-17,20-23,26-28,30-31,33-34,48,74,78H,6-7,12-13,18-19,24-25,29,32,35-47,49-73H2,1-5H3/b10-8-,11-9-,16-14-,17-15-,22-20-,23-21-,28-26-,31-30-,34-33-,48-27-. The van der Waals surface area contributed by atoms with Gasteiger partial charge in [0.05, 0.1) is 40.3 Å². The van der Waals surface area contributed by atoms with Crippen LogP contribution in [0.5, 0.6) is 0 Å². The number of hydrogen-bond acceptors (Lipinski definition) is 8. The quantitative estimate of drug-likeness (QED) is 0.0195. The van der Waals surface area contributed by atoms with Gasteiger partial charge in [0.2, 0.25) is 0 Å². The van der Waals surface area contributed by atoms with Crippen LogP contribution in [0.15, 0.2) is 122 Å². The highest BCUT2D eigenvalue weighted by atomic mass is 16.7. The highest BCUT2D eigenvalue weighted by molar-refractivity contribution is 5.70. The molecule has 0 aromatic rings. The van der Waals surface area contributed by atoms with Crippen molar-refractivity contribution in [3.63, 3.8) is 0 Å². The van der Waals surface area contributed by atoms with Gasteiger partial charge in [0.1, 0.15) is 13.2 Å². The molecule has 0 radical (unpaired) electrons. The predicted molar refractivity (Wildman–Crippen MR) is 370 cm³/mol. The molecule has 0 spiro atoms. The van der Waals surface area contributed by atoms with E-state index in [1.54, 1.807) is 0 Å². The summed E-state index contributed by atoms with van der Waals surface area (Å²) in [7, 11) is 5.93. The largest absolute Gasteiger partial charge is 0.545 e. The van der Waals surface area contributed by atoms with Crippen molar-refractivity contribution in [2.45, 2.75) is 309 Å². The maximum absolute atomic E-state index is 12.9. The number of esters is 2. The van der Waals surface area contributed by atoms with Crippen LogP contribution in [-0.4, -0.2) is 82.3 Å². The molecule has 0 aromatic heterocycles. The molecule has 0 aliphatic rings. The van der Waals surface area contributed by atoms with Crippen molar-refractivity contribution < 1.29 is 42.9 Å². The van der Waals surface area contributed by atoms with Crippen molar-refractivity contribution in [1.82, 2.24) is 0 Å². The van der Waals surface area contributed by atoms with Crippen LogP contribution in [0.25, 0.3) is 0 Å². The predicted octanol–water partition coefficient (Wildman–Crippen LogP) is 21.0. The van der Waals surface area contributed by atoms with Crippen LogP contribution in [0.4, 0.5) is 0 Å². The molecule has 9 nitrogen and oxygen atoms in total. The van der Waals surface area contributed by atoms with Gasteiger partial charge in [-0.3, -0.25) is 9.59 Å². The SMILES string of the molecule is CC/C=C\C/C=C\C/C=C\C/C=C\C/C=C\C/C=C\CCCCCCCCCCCCCCCCCCCCCCCCC(=O)OC(COC(=O)CCCCCCCCCC/C=C\C/C=C\C/C=C\C/C=C\CC)COC(OCC[N+](C)(C)C)C(=O)[O-]. The Balaban J connectivity index is 4.02. The Morgan fingerprint density at radius 1 is 0.345 bits per heavy atom. The average Bonchev–Trinajstić information content (AvgIpc) is 3.59. The number of carboxylic acids is 1. The second kappa shape index (κ2) is 67.6. The van der Waals surface area contributed by atoms with Gasteiger partial charge in [-0.15, -0.1) is 0 Å². The van der Waals surface area contributed by atoms with Crippen LogP contribution >= 0.6 is 0 Å². The Bertz CT molecular complexity index is 1840. The van der Waals surface area contributed by atoms with Crippen LogP contribution in [0.2, 0.25) is 0 Å². The zero-order valence-corrected chi connectivity index (χ0v) is 56.9. The first-order chi connectivity index (χ1) is 42.6. The number of aliphatic carboxylic acids is 1. The van der Waals surface area contributed by atoms with E-state index >= 15 is 0 Å². The highest BCUT2D eigenvalue weighted by Crippen LogP contribution is 2.18. The Labute approximate surface area is 536 Å². The van der Waals surface area contributed by atoms with Gasteiger partial charge in [0.15, 0.2) is 12.4 Å². The molecule has 0 fully saturated rings. The van der Waals surface area contributed by atoms with Crippen molar-refractivity contribution in [2.24, 2.45) is 0 Å². The molecule has 0 N–H and O–H groups in total. The summed E-state index contributed by atoms with van der Waals surface area (Å²) in [5.74, 6) is -2.29. The van der Waals surface area contributed by atoms with E-state index < -0.39 is 24.3 Å². The van der Waals surface area contributed by atoms with E-state index in [4.69, 9.17) is 18.9 Å². The smallest absolute Gasteiger partial charge is 0.306 e. The molecular weight excluding hydrogens is 1080 g/mol. The van der Waals surface area contributed by atoms with Crippen molar-refractivity contribution in [2.75, 3.05) is 47.5 Å². The van der Waals surface area contributed by atoms with Crippen molar-refractivity contribution >= 4 is 17.9 Å². The minimum Gasteiger partial charge on any atom is -0.545 e. The molecule has 9 heteroatoms. The van der Waals surface area contributed by atoms with Crippen LogP contribution in [0, 0.1) is 0 Å². The fourth-order valence-electron chi connectivity index (χ4n) is 9.83. The molecule has 0 aliphatic carbocycles. The molecule has 87 heavy (non-hydrogen) atoms. The number of carbonyl (C=O) groups is 3. The number of allylic oxidation sites excluding steroid dienone is 20. The average molecular weight is 1210 g/mol. The fourth-order valence-corrected chi connectivity index (χ4v) is 9.83. The zero-order valence-electron chi connectivity index (χ0n) is 56.9. The summed E-state index contributed by atoms with van der Waals surface area (Å²) < 4.78 is 22.8. The van der Waals surface area contributed by atoms with Gasteiger partial charge in [-0.2, -0.15) is 0 Å². The second-order valence-corrected chi connectivity index (χ2v) is 24.8. The van der Waals surface area contributed by atoms with Gasteiger partial charge >= 0.3 is 11.9 Å². The summed E-state index contributed by atoms with van der Waals surface area (Å²) in [5, 5.41) is 11.8. The van der Waals surface area contributed by atoms with E-state index in [-0.39, 0.29) is 38.6 Å². The van der Waals surface area contributed by atoms with Gasteiger partial charge in [0.25, 0.3) is 0 Å². The number of likely N-dealkylation sites (N-methyl/N-ethyl adjacent to an activating group) is 1. The Morgan fingerprint density at radius 3 is 0.920 bits per heavy atom. The molecule has 0 saturated heterocycles. The van der Waals surface area contributed by atoms with Gasteiger partial charge in [-0.25, -0.2) is 0 Å². The Hall–Kier alpha value is -4.31. The zero-order chi connectivity index (χ0) is 63.3. The first-order valence-corrected chi connectivity index (χ1v) is 35.7. The molecule has 0 aliphatic heterocycles. The van der Waals surface area contributed by atoms with Crippen LogP contribution in [0.3, 0.4) is 0 Å². The monoisotopic (exact) mass is 1210 g/mol. The highest BCUT2D eigenvalue weighted by Gasteiger charge is 2.22. The molecule has 2 unspecified atom stereocenters. The summed E-state index contributed by atoms with van der Waals surface area (Å²) in [4.78, 5) is 37.5. The van der Waals surface area contributed by atoms with E-state index in [0.29, 0.717) is 17.4 Å².